The summed E-state index contributed by atoms with van der Waals surface area (Å²) >= 11 is 0. The van der Waals surface area contributed by atoms with Crippen molar-refractivity contribution in [3.8, 4) is 0 Å². The van der Waals surface area contributed by atoms with Gasteiger partial charge in [-0.1, -0.05) is 6.92 Å². The molecule has 0 aromatic rings. The fourth-order valence-electron chi connectivity index (χ4n) is 1.74. The Bertz CT molecular complexity index is 284. The van der Waals surface area contributed by atoms with Gasteiger partial charge in [0, 0.05) is 5.70 Å². The minimum Gasteiger partial charge on any atom is -0.462 e. The van der Waals surface area contributed by atoms with Crippen LogP contribution in [0.25, 0.3) is 0 Å². The van der Waals surface area contributed by atoms with E-state index in [1.54, 1.807) is 0 Å². The standard InChI is InChI=1S/C12H21NO3/c1-4-7-15-12(14)9-5-6-10(11(9)13)16-8(2)3/h8,10H,4-7,13H2,1-3H3. The van der Waals surface area contributed by atoms with Gasteiger partial charge in [0.2, 0.25) is 0 Å². The molecule has 92 valence electrons. The molecule has 16 heavy (non-hydrogen) atoms. The number of hydrogen-bond donors (Lipinski definition) is 1. The van der Waals surface area contributed by atoms with E-state index >= 15 is 0 Å². The summed E-state index contributed by atoms with van der Waals surface area (Å²) < 4.78 is 10.7. The van der Waals surface area contributed by atoms with Crippen molar-refractivity contribution in [3.63, 3.8) is 0 Å². The van der Waals surface area contributed by atoms with Crippen LogP contribution in [0.1, 0.15) is 40.0 Å². The maximum Gasteiger partial charge on any atom is 0.335 e. The lowest BCUT2D eigenvalue weighted by molar-refractivity contribution is -0.139. The van der Waals surface area contributed by atoms with Gasteiger partial charge in [-0.3, -0.25) is 0 Å². The fraction of sp³-hybridized carbons (Fsp3) is 0.750. The maximum atomic E-state index is 11.6. The van der Waals surface area contributed by atoms with Gasteiger partial charge >= 0.3 is 5.97 Å². The molecule has 0 saturated carbocycles. The molecule has 1 unspecified atom stereocenters. The zero-order valence-electron chi connectivity index (χ0n) is 10.3. The molecule has 0 bridgehead atoms. The molecule has 0 saturated heterocycles. The average Bonchev–Trinajstić information content (AvgIpc) is 2.56. The number of carbonyl (C=O) groups excluding carboxylic acids is 1. The summed E-state index contributed by atoms with van der Waals surface area (Å²) in [5, 5.41) is 0. The number of nitrogens with two attached hydrogens (primary N) is 1. The lowest BCUT2D eigenvalue weighted by Gasteiger charge is -2.16. The van der Waals surface area contributed by atoms with Crippen molar-refractivity contribution in [2.45, 2.75) is 52.2 Å². The van der Waals surface area contributed by atoms with Crippen LogP contribution in [-0.4, -0.2) is 24.8 Å². The normalized spacial score (nSPS) is 20.6. The summed E-state index contributed by atoms with van der Waals surface area (Å²) in [6.45, 7) is 6.33. The van der Waals surface area contributed by atoms with Crippen molar-refractivity contribution in [2.24, 2.45) is 5.73 Å². The van der Waals surface area contributed by atoms with Crippen LogP contribution < -0.4 is 5.73 Å². The molecule has 1 atom stereocenters. The zero-order valence-corrected chi connectivity index (χ0v) is 10.3. The van der Waals surface area contributed by atoms with Crippen molar-refractivity contribution >= 4 is 5.97 Å². The fourth-order valence-corrected chi connectivity index (χ4v) is 1.74. The Morgan fingerprint density at radius 2 is 2.25 bits per heavy atom. The SMILES string of the molecule is CCCOC(=O)C1=C(N)C(OC(C)C)CC1. The average molecular weight is 227 g/mol. The minimum atomic E-state index is -0.283. The van der Waals surface area contributed by atoms with Gasteiger partial charge in [0.15, 0.2) is 0 Å². The summed E-state index contributed by atoms with van der Waals surface area (Å²) in [7, 11) is 0. The third-order valence-corrected chi connectivity index (χ3v) is 2.47. The summed E-state index contributed by atoms with van der Waals surface area (Å²) in [6.07, 6.45) is 2.26. The van der Waals surface area contributed by atoms with Gasteiger partial charge in [0.25, 0.3) is 0 Å². The molecular weight excluding hydrogens is 206 g/mol. The van der Waals surface area contributed by atoms with Gasteiger partial charge in [0.05, 0.1) is 24.4 Å². The Labute approximate surface area is 96.8 Å². The predicted octanol–water partition coefficient (Wildman–Crippen LogP) is 1.74. The number of hydrogen-bond acceptors (Lipinski definition) is 4. The second-order valence-corrected chi connectivity index (χ2v) is 4.28. The summed E-state index contributed by atoms with van der Waals surface area (Å²) in [5.74, 6) is -0.283. The Balaban J connectivity index is 2.59. The van der Waals surface area contributed by atoms with E-state index in [1.165, 1.54) is 0 Å². The van der Waals surface area contributed by atoms with Crippen LogP contribution in [0.15, 0.2) is 11.3 Å². The van der Waals surface area contributed by atoms with Gasteiger partial charge < -0.3 is 15.2 Å². The van der Waals surface area contributed by atoms with E-state index in [2.05, 4.69) is 0 Å². The summed E-state index contributed by atoms with van der Waals surface area (Å²) in [5.41, 5.74) is 7.05. The van der Waals surface area contributed by atoms with Crippen LogP contribution in [0.4, 0.5) is 0 Å². The molecule has 4 heteroatoms. The number of esters is 1. The highest BCUT2D eigenvalue weighted by Crippen LogP contribution is 2.27. The van der Waals surface area contributed by atoms with Crippen LogP contribution in [0.3, 0.4) is 0 Å². The van der Waals surface area contributed by atoms with Crippen molar-refractivity contribution < 1.29 is 14.3 Å². The summed E-state index contributed by atoms with van der Waals surface area (Å²) in [4.78, 5) is 11.6. The van der Waals surface area contributed by atoms with E-state index in [0.717, 1.165) is 12.8 Å². The molecular formula is C12H21NO3. The molecule has 1 aliphatic rings. The Morgan fingerprint density at radius 1 is 1.56 bits per heavy atom. The first-order valence-electron chi connectivity index (χ1n) is 5.87. The molecule has 0 heterocycles. The highest BCUT2D eigenvalue weighted by atomic mass is 16.5. The quantitative estimate of drug-likeness (QED) is 0.727. The first-order valence-corrected chi connectivity index (χ1v) is 5.87. The van der Waals surface area contributed by atoms with Crippen LogP contribution >= 0.6 is 0 Å². The largest absolute Gasteiger partial charge is 0.462 e. The van der Waals surface area contributed by atoms with E-state index in [9.17, 15) is 4.79 Å². The maximum absolute atomic E-state index is 11.6. The summed E-state index contributed by atoms with van der Waals surface area (Å²) in [6, 6.07) is 0. The smallest absolute Gasteiger partial charge is 0.335 e. The second kappa shape index (κ2) is 5.89. The predicted molar refractivity (Wildman–Crippen MR) is 61.7 cm³/mol. The molecule has 0 aromatic heterocycles. The van der Waals surface area contributed by atoms with Gasteiger partial charge in [-0.15, -0.1) is 0 Å². The highest BCUT2D eigenvalue weighted by molar-refractivity contribution is 5.90. The lowest BCUT2D eigenvalue weighted by atomic mass is 10.2. The van der Waals surface area contributed by atoms with Gasteiger partial charge in [-0.05, 0) is 33.1 Å². The van der Waals surface area contributed by atoms with Crippen LogP contribution in [0, 0.1) is 0 Å². The molecule has 0 aliphatic heterocycles. The van der Waals surface area contributed by atoms with Gasteiger partial charge in [-0.25, -0.2) is 4.79 Å². The Hall–Kier alpha value is -1.03. The molecule has 4 nitrogen and oxygen atoms in total. The van der Waals surface area contributed by atoms with Crippen molar-refractivity contribution in [1.29, 1.82) is 0 Å². The monoisotopic (exact) mass is 227 g/mol. The molecule has 0 aromatic carbocycles. The van der Waals surface area contributed by atoms with Crippen LogP contribution in [0.5, 0.6) is 0 Å². The van der Waals surface area contributed by atoms with Gasteiger partial charge in [-0.2, -0.15) is 0 Å². The Kier molecular flexibility index (Phi) is 4.80. The highest BCUT2D eigenvalue weighted by Gasteiger charge is 2.29. The first-order chi connectivity index (χ1) is 7.56. The first kappa shape index (κ1) is 13.0. The van der Waals surface area contributed by atoms with Crippen molar-refractivity contribution in [1.82, 2.24) is 0 Å². The second-order valence-electron chi connectivity index (χ2n) is 4.28. The third-order valence-electron chi connectivity index (χ3n) is 2.47. The molecule has 0 radical (unpaired) electrons. The van der Waals surface area contributed by atoms with Crippen molar-refractivity contribution in [2.75, 3.05) is 6.61 Å². The molecule has 1 rings (SSSR count). The van der Waals surface area contributed by atoms with E-state index in [1.807, 2.05) is 20.8 Å². The molecule has 0 spiro atoms. The molecule has 2 N–H and O–H groups in total. The van der Waals surface area contributed by atoms with E-state index in [4.69, 9.17) is 15.2 Å². The van der Waals surface area contributed by atoms with E-state index in [0.29, 0.717) is 24.3 Å². The number of ether oxygens (including phenoxy) is 2. The third kappa shape index (κ3) is 3.23. The van der Waals surface area contributed by atoms with E-state index in [-0.39, 0.29) is 18.2 Å². The number of rotatable bonds is 5. The molecule has 1 aliphatic carbocycles. The number of carbonyl (C=O) groups is 1. The van der Waals surface area contributed by atoms with Crippen molar-refractivity contribution in [3.05, 3.63) is 11.3 Å². The van der Waals surface area contributed by atoms with Crippen LogP contribution in [0.2, 0.25) is 0 Å². The topological polar surface area (TPSA) is 61.5 Å². The minimum absolute atomic E-state index is 0.120. The Morgan fingerprint density at radius 3 is 2.81 bits per heavy atom. The molecule has 0 amide bonds. The van der Waals surface area contributed by atoms with Gasteiger partial charge in [0.1, 0.15) is 0 Å². The zero-order chi connectivity index (χ0) is 12.1. The lowest BCUT2D eigenvalue weighted by Crippen LogP contribution is -2.22. The molecule has 0 fully saturated rings. The van der Waals surface area contributed by atoms with Crippen LogP contribution in [-0.2, 0) is 14.3 Å². The van der Waals surface area contributed by atoms with E-state index < -0.39 is 0 Å².